The molecule has 34 heavy (non-hydrogen) atoms. The van der Waals surface area contributed by atoms with Crippen LogP contribution in [0.15, 0.2) is 47.0 Å². The Hall–Kier alpha value is -3.86. The zero-order valence-electron chi connectivity index (χ0n) is 18.7. The average molecular weight is 486 g/mol. The van der Waals surface area contributed by atoms with Crippen molar-refractivity contribution in [3.8, 4) is 28.2 Å². The lowest BCUT2D eigenvalue weighted by Gasteiger charge is -2.16. The van der Waals surface area contributed by atoms with Crippen molar-refractivity contribution >= 4 is 27.7 Å². The van der Waals surface area contributed by atoms with Crippen molar-refractivity contribution in [2.24, 2.45) is 0 Å². The summed E-state index contributed by atoms with van der Waals surface area (Å²) >= 11 is 0. The first-order chi connectivity index (χ1) is 16.0. The maximum absolute atomic E-state index is 12.5. The Kier molecular flexibility index (Phi) is 5.82. The van der Waals surface area contributed by atoms with E-state index in [1.807, 2.05) is 30.3 Å². The van der Waals surface area contributed by atoms with Gasteiger partial charge in [-0.15, -0.1) is 0 Å². The highest BCUT2D eigenvalue weighted by atomic mass is 32.2. The van der Waals surface area contributed by atoms with Crippen LogP contribution < -0.4 is 14.8 Å². The van der Waals surface area contributed by atoms with Crippen molar-refractivity contribution in [2.75, 3.05) is 18.7 Å². The van der Waals surface area contributed by atoms with E-state index in [1.165, 1.54) is 7.11 Å². The highest BCUT2D eigenvalue weighted by Gasteiger charge is 2.52. The van der Waals surface area contributed by atoms with Crippen LogP contribution in [0.4, 0.5) is 10.5 Å². The normalized spacial score (nSPS) is 14.3. The van der Waals surface area contributed by atoms with Crippen molar-refractivity contribution in [3.63, 3.8) is 0 Å². The lowest BCUT2D eigenvalue weighted by Crippen LogP contribution is -2.38. The number of benzene rings is 2. The summed E-state index contributed by atoms with van der Waals surface area (Å²) in [6.07, 6.45) is 0.892. The van der Waals surface area contributed by atoms with Crippen molar-refractivity contribution in [1.82, 2.24) is 9.88 Å². The lowest BCUT2D eigenvalue weighted by atomic mass is 9.93. The largest absolute Gasteiger partial charge is 0.496 e. The molecule has 1 fully saturated rings. The number of hydrogen-bond donors (Lipinski definition) is 3. The minimum atomic E-state index is -3.63. The van der Waals surface area contributed by atoms with E-state index in [9.17, 15) is 18.0 Å². The standard InChI is InChI=1S/C23H23N3O7S/c1-13-19(24-22(28)29)20(33-25-13)17-9-6-15(12-18(17)32-2)14-4-7-16(8-5-14)23(10-11-23)21(27)26-34(3,30)31/h4-9,12,24H,10-11H2,1-3H3,(H,26,27)(H,28,29). The van der Waals surface area contributed by atoms with Gasteiger partial charge in [0.15, 0.2) is 5.76 Å². The number of carbonyl (C=O) groups is 2. The molecule has 0 aliphatic heterocycles. The van der Waals surface area contributed by atoms with Gasteiger partial charge in [-0.05, 0) is 48.6 Å². The third-order valence-corrected chi connectivity index (χ3v) is 6.33. The molecule has 0 radical (unpaired) electrons. The van der Waals surface area contributed by atoms with E-state index in [4.69, 9.17) is 14.4 Å². The van der Waals surface area contributed by atoms with E-state index in [0.29, 0.717) is 29.8 Å². The van der Waals surface area contributed by atoms with Gasteiger partial charge in [-0.3, -0.25) is 14.8 Å². The Bertz CT molecular complexity index is 1370. The van der Waals surface area contributed by atoms with Gasteiger partial charge in [-0.25, -0.2) is 13.2 Å². The molecule has 0 bridgehead atoms. The van der Waals surface area contributed by atoms with Gasteiger partial charge in [0.1, 0.15) is 17.1 Å². The van der Waals surface area contributed by atoms with Gasteiger partial charge in [0, 0.05) is 0 Å². The molecule has 3 N–H and O–H groups in total. The SMILES string of the molecule is COc1cc(-c2ccc(C3(C(=O)NS(C)(=O)=O)CC3)cc2)ccc1-c1onc(C)c1NC(=O)O. The maximum Gasteiger partial charge on any atom is 0.409 e. The summed E-state index contributed by atoms with van der Waals surface area (Å²) in [5.41, 5.74) is 2.77. The van der Waals surface area contributed by atoms with Gasteiger partial charge >= 0.3 is 6.09 Å². The van der Waals surface area contributed by atoms with Crippen LogP contribution in [0.25, 0.3) is 22.5 Å². The van der Waals surface area contributed by atoms with Crippen LogP contribution in [0, 0.1) is 6.92 Å². The number of carbonyl (C=O) groups excluding carboxylic acids is 1. The number of nitrogens with one attached hydrogen (secondary N) is 2. The molecule has 1 aliphatic rings. The van der Waals surface area contributed by atoms with Gasteiger partial charge in [-0.1, -0.05) is 35.5 Å². The molecule has 2 aromatic carbocycles. The first kappa shape index (κ1) is 23.3. The highest BCUT2D eigenvalue weighted by Crippen LogP contribution is 2.49. The lowest BCUT2D eigenvalue weighted by molar-refractivity contribution is -0.121. The van der Waals surface area contributed by atoms with Crippen molar-refractivity contribution in [3.05, 3.63) is 53.7 Å². The second kappa shape index (κ2) is 8.49. The highest BCUT2D eigenvalue weighted by molar-refractivity contribution is 7.89. The number of amides is 2. The third kappa shape index (κ3) is 4.46. The summed E-state index contributed by atoms with van der Waals surface area (Å²) in [6, 6.07) is 12.7. The molecule has 10 nitrogen and oxygen atoms in total. The summed E-state index contributed by atoms with van der Waals surface area (Å²) in [5.74, 6) is 0.186. The molecule has 0 spiro atoms. The molecular formula is C23H23N3O7S. The van der Waals surface area contributed by atoms with E-state index < -0.39 is 27.4 Å². The fraction of sp³-hybridized carbons (Fsp3) is 0.261. The predicted octanol–water partition coefficient (Wildman–Crippen LogP) is 3.52. The number of sulfonamides is 1. The Labute approximate surface area is 196 Å². The molecular weight excluding hydrogens is 462 g/mol. The topological polar surface area (TPSA) is 148 Å². The summed E-state index contributed by atoms with van der Waals surface area (Å²) in [6.45, 7) is 1.63. The van der Waals surface area contributed by atoms with Crippen LogP contribution in [-0.4, -0.2) is 44.0 Å². The molecule has 11 heteroatoms. The molecule has 1 aliphatic carbocycles. The smallest absolute Gasteiger partial charge is 0.409 e. The maximum atomic E-state index is 12.5. The molecule has 178 valence electrons. The monoisotopic (exact) mass is 485 g/mol. The number of rotatable bonds is 7. The van der Waals surface area contributed by atoms with Crippen molar-refractivity contribution in [2.45, 2.75) is 25.2 Å². The fourth-order valence-electron chi connectivity index (χ4n) is 3.89. The molecule has 0 unspecified atom stereocenters. The summed E-state index contributed by atoms with van der Waals surface area (Å²) in [7, 11) is -2.13. The number of ether oxygens (including phenoxy) is 1. The Morgan fingerprint density at radius 2 is 1.76 bits per heavy atom. The number of anilines is 1. The minimum absolute atomic E-state index is 0.241. The number of aromatic nitrogens is 1. The minimum Gasteiger partial charge on any atom is -0.496 e. The van der Waals surface area contributed by atoms with Crippen LogP contribution in [0.3, 0.4) is 0 Å². The summed E-state index contributed by atoms with van der Waals surface area (Å²) < 4.78 is 35.9. The van der Waals surface area contributed by atoms with Crippen molar-refractivity contribution in [1.29, 1.82) is 0 Å². The van der Waals surface area contributed by atoms with Gasteiger partial charge < -0.3 is 14.4 Å². The number of methoxy groups -OCH3 is 1. The molecule has 3 aromatic rings. The Balaban J connectivity index is 1.63. The molecule has 1 saturated carbocycles. The average Bonchev–Trinajstić information content (AvgIpc) is 3.52. The third-order valence-electron chi connectivity index (χ3n) is 5.77. The van der Waals surface area contributed by atoms with E-state index in [-0.39, 0.29) is 11.4 Å². The van der Waals surface area contributed by atoms with Crippen LogP contribution in [0.2, 0.25) is 0 Å². The molecule has 4 rings (SSSR count). The van der Waals surface area contributed by atoms with Gasteiger partial charge in [0.05, 0.1) is 24.3 Å². The van der Waals surface area contributed by atoms with E-state index >= 15 is 0 Å². The first-order valence-corrected chi connectivity index (χ1v) is 12.2. The number of hydrogen-bond acceptors (Lipinski definition) is 7. The molecule has 1 heterocycles. The van der Waals surface area contributed by atoms with Crippen LogP contribution in [0.1, 0.15) is 24.1 Å². The van der Waals surface area contributed by atoms with E-state index in [0.717, 1.165) is 22.9 Å². The second-order valence-electron chi connectivity index (χ2n) is 8.18. The second-order valence-corrected chi connectivity index (χ2v) is 9.93. The molecule has 0 saturated heterocycles. The molecule has 0 atom stereocenters. The van der Waals surface area contributed by atoms with Gasteiger partial charge in [0.25, 0.3) is 0 Å². The predicted molar refractivity (Wildman–Crippen MR) is 124 cm³/mol. The summed E-state index contributed by atoms with van der Waals surface area (Å²) in [4.78, 5) is 23.6. The summed E-state index contributed by atoms with van der Waals surface area (Å²) in [5, 5.41) is 15.3. The number of nitrogens with zero attached hydrogens (tertiary/aromatic N) is 1. The fourth-order valence-corrected chi connectivity index (χ4v) is 4.42. The number of carboxylic acid groups (broad SMARTS) is 1. The van der Waals surface area contributed by atoms with Crippen LogP contribution >= 0.6 is 0 Å². The van der Waals surface area contributed by atoms with E-state index in [2.05, 4.69) is 15.2 Å². The molecule has 2 amide bonds. The first-order valence-electron chi connectivity index (χ1n) is 10.3. The Morgan fingerprint density at radius 3 is 2.32 bits per heavy atom. The van der Waals surface area contributed by atoms with E-state index in [1.54, 1.807) is 19.1 Å². The van der Waals surface area contributed by atoms with Crippen molar-refractivity contribution < 1.29 is 32.4 Å². The zero-order valence-corrected chi connectivity index (χ0v) is 19.5. The molecule has 1 aromatic heterocycles. The van der Waals surface area contributed by atoms with Gasteiger partial charge in [-0.2, -0.15) is 0 Å². The van der Waals surface area contributed by atoms with Crippen LogP contribution in [0.5, 0.6) is 5.75 Å². The zero-order chi connectivity index (χ0) is 24.7. The van der Waals surface area contributed by atoms with Crippen LogP contribution in [-0.2, 0) is 20.2 Å². The Morgan fingerprint density at radius 1 is 1.12 bits per heavy atom. The van der Waals surface area contributed by atoms with Gasteiger partial charge in [0.2, 0.25) is 15.9 Å². The number of aryl methyl sites for hydroxylation is 1. The quantitative estimate of drug-likeness (QED) is 0.460.